The van der Waals surface area contributed by atoms with Gasteiger partial charge in [-0.15, -0.1) is 34.0 Å². The second-order valence-corrected chi connectivity index (χ2v) is 7.94. The summed E-state index contributed by atoms with van der Waals surface area (Å²) in [6.45, 7) is 0. The SMILES string of the molecule is Br.Br.C[n+]1c2ccccc2c(-c2c3ccccc3[n+](C)c3ccccc23)c2ccccc21. The highest BCUT2D eigenvalue weighted by atomic mass is 79.9. The van der Waals surface area contributed by atoms with E-state index in [2.05, 4.69) is 120 Å². The van der Waals surface area contributed by atoms with Crippen molar-refractivity contribution in [1.29, 1.82) is 0 Å². The first-order valence-electron chi connectivity index (χ1n) is 10.3. The summed E-state index contributed by atoms with van der Waals surface area (Å²) >= 11 is 0. The third-order valence-electron chi connectivity index (χ3n) is 6.39. The van der Waals surface area contributed by atoms with Crippen LogP contribution in [-0.2, 0) is 14.1 Å². The van der Waals surface area contributed by atoms with Crippen molar-refractivity contribution >= 4 is 77.6 Å². The Morgan fingerprint density at radius 3 is 0.844 bits per heavy atom. The average Bonchev–Trinajstić information content (AvgIpc) is 2.81. The second-order valence-electron chi connectivity index (χ2n) is 7.94. The van der Waals surface area contributed by atoms with Crippen molar-refractivity contribution in [2.45, 2.75) is 0 Å². The maximum absolute atomic E-state index is 2.31. The number of pyridine rings is 2. The lowest BCUT2D eigenvalue weighted by Gasteiger charge is -2.14. The molecule has 6 rings (SSSR count). The van der Waals surface area contributed by atoms with Crippen LogP contribution in [0.1, 0.15) is 0 Å². The number of benzene rings is 4. The van der Waals surface area contributed by atoms with Crippen LogP contribution in [0.3, 0.4) is 0 Å². The summed E-state index contributed by atoms with van der Waals surface area (Å²) in [4.78, 5) is 0. The van der Waals surface area contributed by atoms with Crippen molar-refractivity contribution in [1.82, 2.24) is 0 Å². The van der Waals surface area contributed by atoms with E-state index in [4.69, 9.17) is 0 Å². The van der Waals surface area contributed by atoms with Crippen LogP contribution in [0.4, 0.5) is 0 Å². The molecule has 32 heavy (non-hydrogen) atoms. The Kier molecular flexibility index (Phi) is 6.02. The van der Waals surface area contributed by atoms with Gasteiger partial charge in [-0.3, -0.25) is 0 Å². The Labute approximate surface area is 208 Å². The van der Waals surface area contributed by atoms with Crippen LogP contribution in [0.5, 0.6) is 0 Å². The largest absolute Gasteiger partial charge is 0.213 e. The van der Waals surface area contributed by atoms with E-state index in [1.165, 1.54) is 54.7 Å². The van der Waals surface area contributed by atoms with E-state index in [-0.39, 0.29) is 34.0 Å². The van der Waals surface area contributed by atoms with Crippen molar-refractivity contribution < 1.29 is 9.13 Å². The molecule has 0 atom stereocenters. The molecular formula is C28H24Br2N2+2. The minimum Gasteiger partial charge on any atom is -0.194 e. The van der Waals surface area contributed by atoms with Crippen LogP contribution in [-0.4, -0.2) is 0 Å². The second kappa shape index (κ2) is 8.61. The molecular weight excluding hydrogens is 524 g/mol. The summed E-state index contributed by atoms with van der Waals surface area (Å²) in [5.74, 6) is 0. The minimum atomic E-state index is 0. The van der Waals surface area contributed by atoms with Crippen molar-refractivity contribution in [2.24, 2.45) is 14.1 Å². The lowest BCUT2D eigenvalue weighted by molar-refractivity contribution is -0.617. The summed E-state index contributed by atoms with van der Waals surface area (Å²) < 4.78 is 4.61. The van der Waals surface area contributed by atoms with Gasteiger partial charge in [0.25, 0.3) is 0 Å². The normalized spacial score (nSPS) is 10.9. The van der Waals surface area contributed by atoms with Crippen molar-refractivity contribution in [3.63, 3.8) is 0 Å². The van der Waals surface area contributed by atoms with Crippen molar-refractivity contribution in [3.8, 4) is 11.1 Å². The van der Waals surface area contributed by atoms with Crippen molar-refractivity contribution in [2.75, 3.05) is 0 Å². The summed E-state index contributed by atoms with van der Waals surface area (Å²) in [6.07, 6.45) is 0. The van der Waals surface area contributed by atoms with Gasteiger partial charge in [-0.1, -0.05) is 48.5 Å². The molecule has 158 valence electrons. The monoisotopic (exact) mass is 546 g/mol. The van der Waals surface area contributed by atoms with Gasteiger partial charge in [-0.25, -0.2) is 0 Å². The van der Waals surface area contributed by atoms with Crippen LogP contribution < -0.4 is 9.13 Å². The molecule has 6 aromatic rings. The third kappa shape index (κ3) is 3.13. The molecule has 0 saturated carbocycles. The van der Waals surface area contributed by atoms with Gasteiger partial charge >= 0.3 is 0 Å². The maximum atomic E-state index is 2.31. The number of fused-ring (bicyclic) bond motifs is 4. The fourth-order valence-corrected chi connectivity index (χ4v) is 5.00. The number of para-hydroxylation sites is 4. The highest BCUT2D eigenvalue weighted by Gasteiger charge is 2.24. The summed E-state index contributed by atoms with van der Waals surface area (Å²) in [5.41, 5.74) is 7.60. The molecule has 0 fully saturated rings. The number of aryl methyl sites for hydroxylation is 2. The van der Waals surface area contributed by atoms with E-state index in [1.54, 1.807) is 0 Å². The van der Waals surface area contributed by atoms with E-state index in [1.807, 2.05) is 0 Å². The number of nitrogens with zero attached hydrogens (tertiary/aromatic N) is 2. The van der Waals surface area contributed by atoms with Crippen LogP contribution in [0.15, 0.2) is 97.1 Å². The van der Waals surface area contributed by atoms with E-state index < -0.39 is 0 Å². The van der Waals surface area contributed by atoms with Gasteiger partial charge in [0.15, 0.2) is 0 Å². The fraction of sp³-hybridized carbons (Fsp3) is 0.0714. The van der Waals surface area contributed by atoms with Gasteiger partial charge < -0.3 is 0 Å². The molecule has 0 amide bonds. The molecule has 2 aromatic heterocycles. The van der Waals surface area contributed by atoms with Gasteiger partial charge in [0, 0.05) is 35.4 Å². The van der Waals surface area contributed by atoms with Gasteiger partial charge in [0.2, 0.25) is 22.1 Å². The molecule has 2 nitrogen and oxygen atoms in total. The Balaban J connectivity index is 0.00000122. The van der Waals surface area contributed by atoms with E-state index in [9.17, 15) is 0 Å². The molecule has 0 radical (unpaired) electrons. The predicted octanol–water partition coefficient (Wildman–Crippen LogP) is 6.77. The molecule has 4 aromatic carbocycles. The molecule has 0 unspecified atom stereocenters. The van der Waals surface area contributed by atoms with Crippen LogP contribution >= 0.6 is 34.0 Å². The Morgan fingerprint density at radius 1 is 0.375 bits per heavy atom. The molecule has 0 N–H and O–H groups in total. The molecule has 0 spiro atoms. The van der Waals surface area contributed by atoms with Gasteiger partial charge in [0.05, 0.1) is 21.5 Å². The third-order valence-corrected chi connectivity index (χ3v) is 6.39. The summed E-state index contributed by atoms with van der Waals surface area (Å²) in [7, 11) is 4.32. The number of hydrogen-bond donors (Lipinski definition) is 0. The zero-order chi connectivity index (χ0) is 20.2. The van der Waals surface area contributed by atoms with Crippen LogP contribution in [0, 0.1) is 0 Å². The number of aromatic nitrogens is 2. The fourth-order valence-electron chi connectivity index (χ4n) is 5.00. The van der Waals surface area contributed by atoms with Gasteiger partial charge in [-0.2, -0.15) is 9.13 Å². The lowest BCUT2D eigenvalue weighted by Crippen LogP contribution is -2.31. The predicted molar refractivity (Wildman–Crippen MR) is 145 cm³/mol. The minimum absolute atomic E-state index is 0. The standard InChI is InChI=1S/C28H22N2.2BrH/c1-29-23-15-7-3-11-19(23)27(20-12-4-8-16-24(20)29)28-21-13-5-9-17-25(21)30(2)26-18-10-6-14-22(26)28;;/h3-18H,1-2H3;2*1H/q+2;;. The highest BCUT2D eigenvalue weighted by Crippen LogP contribution is 2.40. The maximum Gasteiger partial charge on any atom is 0.213 e. The first kappa shape index (κ1) is 22.4. The zero-order valence-corrected chi connectivity index (χ0v) is 21.4. The smallest absolute Gasteiger partial charge is 0.194 e. The first-order chi connectivity index (χ1) is 14.8. The quantitative estimate of drug-likeness (QED) is 0.158. The Morgan fingerprint density at radius 2 is 0.594 bits per heavy atom. The molecule has 0 aliphatic heterocycles. The number of halogens is 2. The number of rotatable bonds is 1. The van der Waals surface area contributed by atoms with Gasteiger partial charge in [0.1, 0.15) is 14.1 Å². The molecule has 0 saturated heterocycles. The molecule has 2 heterocycles. The van der Waals surface area contributed by atoms with E-state index in [0.717, 1.165) is 0 Å². The first-order valence-corrected chi connectivity index (χ1v) is 10.3. The zero-order valence-electron chi connectivity index (χ0n) is 17.9. The van der Waals surface area contributed by atoms with E-state index >= 15 is 0 Å². The Bertz CT molecular complexity index is 1390. The average molecular weight is 548 g/mol. The molecule has 0 bridgehead atoms. The van der Waals surface area contributed by atoms with Crippen LogP contribution in [0.25, 0.3) is 54.7 Å². The van der Waals surface area contributed by atoms with Gasteiger partial charge in [-0.05, 0) is 24.3 Å². The molecule has 4 heteroatoms. The highest BCUT2D eigenvalue weighted by molar-refractivity contribution is 8.93. The molecule has 0 aliphatic carbocycles. The molecule has 0 aliphatic rings. The van der Waals surface area contributed by atoms with E-state index in [0.29, 0.717) is 0 Å². The Hall–Kier alpha value is -2.82. The summed E-state index contributed by atoms with van der Waals surface area (Å²) in [6, 6.07) is 35.0. The lowest BCUT2D eigenvalue weighted by atomic mass is 9.90. The van der Waals surface area contributed by atoms with Crippen molar-refractivity contribution in [3.05, 3.63) is 97.1 Å². The topological polar surface area (TPSA) is 7.76 Å². The number of hydrogen-bond acceptors (Lipinski definition) is 0. The summed E-state index contributed by atoms with van der Waals surface area (Å²) in [5, 5.41) is 5.12. The van der Waals surface area contributed by atoms with Crippen LogP contribution in [0.2, 0.25) is 0 Å².